The van der Waals surface area contributed by atoms with Gasteiger partial charge in [-0.05, 0) is 13.3 Å². The van der Waals surface area contributed by atoms with Crippen molar-refractivity contribution >= 4 is 17.3 Å². The summed E-state index contributed by atoms with van der Waals surface area (Å²) < 4.78 is 0. The van der Waals surface area contributed by atoms with E-state index >= 15 is 0 Å². The molecular weight excluding hydrogens is 290 g/mol. The Balaban J connectivity index is 2.92. The fraction of sp³-hybridized carbons (Fsp3) is 0.500. The van der Waals surface area contributed by atoms with Crippen LogP contribution < -0.4 is 5.32 Å². The second-order valence-electron chi connectivity index (χ2n) is 4.97. The molecule has 0 atom stereocenters. The minimum absolute atomic E-state index is 0.0607. The Bertz CT molecular complexity index is 551. The fourth-order valence-electron chi connectivity index (χ4n) is 2.05. The van der Waals surface area contributed by atoms with Crippen molar-refractivity contribution in [3.05, 3.63) is 43.5 Å². The van der Waals surface area contributed by atoms with E-state index < -0.39 is 27.1 Å². The monoisotopic (exact) mass is 309 g/mol. The number of nitro benzene ring substituents is 2. The van der Waals surface area contributed by atoms with Crippen LogP contribution in [0.1, 0.15) is 48.5 Å². The molecule has 0 aliphatic heterocycles. The molecule has 8 nitrogen and oxygen atoms in total. The molecule has 0 aliphatic rings. The number of carbonyl (C=O) groups is 1. The Hall–Kier alpha value is -2.51. The highest BCUT2D eigenvalue weighted by Crippen LogP contribution is 2.29. The molecule has 0 spiro atoms. The molecule has 1 N–H and O–H groups in total. The summed E-state index contributed by atoms with van der Waals surface area (Å²) >= 11 is 0. The lowest BCUT2D eigenvalue weighted by Gasteiger charge is -2.06. The molecule has 120 valence electrons. The number of carbonyl (C=O) groups excluding carboxylic acids is 1. The number of rotatable bonds is 8. The van der Waals surface area contributed by atoms with Gasteiger partial charge in [0.1, 0.15) is 5.56 Å². The lowest BCUT2D eigenvalue weighted by Crippen LogP contribution is -2.24. The number of amides is 1. The minimum Gasteiger partial charge on any atom is -0.352 e. The number of nitrogens with zero attached hydrogens (tertiary/aromatic N) is 2. The molecule has 1 rings (SSSR count). The van der Waals surface area contributed by atoms with E-state index in [4.69, 9.17) is 0 Å². The third kappa shape index (κ3) is 4.51. The van der Waals surface area contributed by atoms with E-state index in [9.17, 15) is 25.0 Å². The van der Waals surface area contributed by atoms with E-state index in [0.29, 0.717) is 6.54 Å². The summed E-state index contributed by atoms with van der Waals surface area (Å²) in [4.78, 5) is 32.4. The second-order valence-corrected chi connectivity index (χ2v) is 4.97. The first-order valence-corrected chi connectivity index (χ1v) is 7.10. The van der Waals surface area contributed by atoms with Crippen molar-refractivity contribution in [2.24, 2.45) is 0 Å². The number of unbranched alkanes of at least 4 members (excludes halogenated alkanes) is 3. The maximum Gasteiger partial charge on any atom is 0.279 e. The summed E-state index contributed by atoms with van der Waals surface area (Å²) in [6.07, 6.45) is 3.92. The maximum absolute atomic E-state index is 12.0. The highest BCUT2D eigenvalue weighted by molar-refractivity contribution is 5.96. The smallest absolute Gasteiger partial charge is 0.279 e. The van der Waals surface area contributed by atoms with Crippen LogP contribution in [0.2, 0.25) is 0 Å². The Labute approximate surface area is 127 Å². The van der Waals surface area contributed by atoms with Crippen molar-refractivity contribution in [1.29, 1.82) is 0 Å². The van der Waals surface area contributed by atoms with Gasteiger partial charge in [0.05, 0.1) is 15.4 Å². The molecule has 1 aromatic carbocycles. The van der Waals surface area contributed by atoms with Crippen LogP contribution in [0, 0.1) is 27.2 Å². The molecule has 0 aromatic heterocycles. The summed E-state index contributed by atoms with van der Waals surface area (Å²) in [5, 5.41) is 24.5. The predicted molar refractivity (Wildman–Crippen MR) is 81.0 cm³/mol. The molecule has 0 saturated carbocycles. The molecule has 0 fully saturated rings. The van der Waals surface area contributed by atoms with Gasteiger partial charge in [-0.3, -0.25) is 25.0 Å². The average Bonchev–Trinajstić information content (AvgIpc) is 2.46. The van der Waals surface area contributed by atoms with Crippen LogP contribution in [0.4, 0.5) is 11.4 Å². The molecule has 0 radical (unpaired) electrons. The molecule has 0 aliphatic carbocycles. The highest BCUT2D eigenvalue weighted by Gasteiger charge is 2.25. The zero-order chi connectivity index (χ0) is 16.7. The summed E-state index contributed by atoms with van der Waals surface area (Å²) in [7, 11) is 0. The van der Waals surface area contributed by atoms with E-state index in [-0.39, 0.29) is 11.1 Å². The Kier molecular flexibility index (Phi) is 6.43. The van der Waals surface area contributed by atoms with Crippen LogP contribution >= 0.6 is 0 Å². The lowest BCUT2D eigenvalue weighted by molar-refractivity contribution is -0.395. The number of nitrogens with one attached hydrogen (secondary N) is 1. The van der Waals surface area contributed by atoms with Crippen molar-refractivity contribution in [2.45, 2.75) is 39.5 Å². The van der Waals surface area contributed by atoms with Crippen molar-refractivity contribution in [3.8, 4) is 0 Å². The largest absolute Gasteiger partial charge is 0.352 e. The van der Waals surface area contributed by atoms with Crippen molar-refractivity contribution < 1.29 is 14.6 Å². The van der Waals surface area contributed by atoms with Crippen LogP contribution in [0.3, 0.4) is 0 Å². The first kappa shape index (κ1) is 17.5. The maximum atomic E-state index is 12.0. The van der Waals surface area contributed by atoms with Crippen molar-refractivity contribution in [2.75, 3.05) is 6.54 Å². The first-order valence-electron chi connectivity index (χ1n) is 7.10. The zero-order valence-corrected chi connectivity index (χ0v) is 12.6. The molecule has 0 bridgehead atoms. The molecule has 0 unspecified atom stereocenters. The standard InChI is InChI=1S/C14H19N3O5/c1-3-4-5-6-7-15-14(18)11-8-12(16(19)20)10(2)13(9-11)17(21)22/h8-9H,3-7H2,1-2H3,(H,15,18). The third-order valence-electron chi connectivity index (χ3n) is 3.32. The minimum atomic E-state index is -0.722. The Morgan fingerprint density at radius 3 is 2.09 bits per heavy atom. The molecule has 8 heteroatoms. The van der Waals surface area contributed by atoms with Gasteiger partial charge in [0.25, 0.3) is 17.3 Å². The van der Waals surface area contributed by atoms with Crippen LogP contribution in [0.25, 0.3) is 0 Å². The van der Waals surface area contributed by atoms with Gasteiger partial charge in [-0.2, -0.15) is 0 Å². The first-order chi connectivity index (χ1) is 10.4. The Morgan fingerprint density at radius 1 is 1.09 bits per heavy atom. The molecule has 1 amide bonds. The summed E-state index contributed by atoms with van der Waals surface area (Å²) in [5.74, 6) is -0.539. The van der Waals surface area contributed by atoms with Crippen molar-refractivity contribution in [3.63, 3.8) is 0 Å². The number of hydrogen-bond donors (Lipinski definition) is 1. The average molecular weight is 309 g/mol. The molecular formula is C14H19N3O5. The number of nitro groups is 2. The third-order valence-corrected chi connectivity index (χ3v) is 3.32. The summed E-state index contributed by atoms with van der Waals surface area (Å²) in [6.45, 7) is 3.81. The van der Waals surface area contributed by atoms with Gasteiger partial charge < -0.3 is 5.32 Å². The van der Waals surface area contributed by atoms with E-state index in [0.717, 1.165) is 37.8 Å². The highest BCUT2D eigenvalue weighted by atomic mass is 16.6. The fourth-order valence-corrected chi connectivity index (χ4v) is 2.05. The normalized spacial score (nSPS) is 10.3. The van der Waals surface area contributed by atoms with E-state index in [1.807, 2.05) is 0 Å². The molecule has 0 heterocycles. The van der Waals surface area contributed by atoms with Crippen molar-refractivity contribution in [1.82, 2.24) is 5.32 Å². The molecule has 0 saturated heterocycles. The molecule has 1 aromatic rings. The number of benzene rings is 1. The van der Waals surface area contributed by atoms with E-state index in [2.05, 4.69) is 12.2 Å². The van der Waals surface area contributed by atoms with E-state index in [1.54, 1.807) is 0 Å². The van der Waals surface area contributed by atoms with Gasteiger partial charge in [0.2, 0.25) is 0 Å². The van der Waals surface area contributed by atoms with Crippen LogP contribution in [0.5, 0.6) is 0 Å². The molecule has 22 heavy (non-hydrogen) atoms. The van der Waals surface area contributed by atoms with Crippen LogP contribution in [-0.4, -0.2) is 22.3 Å². The van der Waals surface area contributed by atoms with Gasteiger partial charge in [-0.1, -0.05) is 26.2 Å². The number of hydrogen-bond acceptors (Lipinski definition) is 5. The SMILES string of the molecule is CCCCCCNC(=O)c1cc([N+](=O)[O-])c(C)c([N+](=O)[O-])c1. The van der Waals surface area contributed by atoms with E-state index in [1.165, 1.54) is 6.92 Å². The quantitative estimate of drug-likeness (QED) is 0.450. The zero-order valence-electron chi connectivity index (χ0n) is 12.6. The van der Waals surface area contributed by atoms with Crippen LogP contribution in [0.15, 0.2) is 12.1 Å². The topological polar surface area (TPSA) is 115 Å². The van der Waals surface area contributed by atoms with Gasteiger partial charge in [-0.25, -0.2) is 0 Å². The summed E-state index contributed by atoms with van der Waals surface area (Å²) in [5.41, 5.74) is -0.982. The Morgan fingerprint density at radius 2 is 1.64 bits per heavy atom. The summed E-state index contributed by atoms with van der Waals surface area (Å²) in [6, 6.07) is 2.15. The van der Waals surface area contributed by atoms with Gasteiger partial charge in [0, 0.05) is 18.7 Å². The lowest BCUT2D eigenvalue weighted by atomic mass is 10.1. The van der Waals surface area contributed by atoms with Crippen LogP contribution in [-0.2, 0) is 0 Å². The second kappa shape index (κ2) is 8.06. The van der Waals surface area contributed by atoms with Gasteiger partial charge in [-0.15, -0.1) is 0 Å². The van der Waals surface area contributed by atoms with Gasteiger partial charge >= 0.3 is 0 Å². The van der Waals surface area contributed by atoms with Gasteiger partial charge in [0.15, 0.2) is 0 Å². The predicted octanol–water partition coefficient (Wildman–Crippen LogP) is 3.12.